The first-order valence-electron chi connectivity index (χ1n) is 14.5. The summed E-state index contributed by atoms with van der Waals surface area (Å²) in [5, 5.41) is 40.6. The van der Waals surface area contributed by atoms with Gasteiger partial charge in [0, 0.05) is 53.8 Å². The van der Waals surface area contributed by atoms with Gasteiger partial charge in [0.15, 0.2) is 6.54 Å². The van der Waals surface area contributed by atoms with Gasteiger partial charge in [-0.25, -0.2) is 14.2 Å². The average Bonchev–Trinajstić information content (AvgIpc) is 2.99. The van der Waals surface area contributed by atoms with E-state index in [1.165, 1.54) is 12.1 Å². The molecule has 0 fully saturated rings. The van der Waals surface area contributed by atoms with E-state index in [0.717, 1.165) is 49.8 Å². The molecule has 9 nitrogen and oxygen atoms in total. The minimum atomic E-state index is -1.23. The number of anilines is 1. The number of hydrogen-bond donors (Lipinski definition) is 4. The minimum absolute atomic E-state index is 0.00156. The number of fused-ring (bicyclic) bond motifs is 2. The Hall–Kier alpha value is -4.21. The van der Waals surface area contributed by atoms with E-state index in [-0.39, 0.29) is 24.3 Å². The van der Waals surface area contributed by atoms with Crippen molar-refractivity contribution in [3.63, 3.8) is 0 Å². The number of unbranched alkanes of at least 4 members (excludes halogenated alkanes) is 2. The van der Waals surface area contributed by atoms with E-state index in [4.69, 9.17) is 4.42 Å². The number of carboxylic acids is 2. The van der Waals surface area contributed by atoms with Crippen LogP contribution >= 0.6 is 0 Å². The first-order valence-corrected chi connectivity index (χ1v) is 14.5. The molecule has 0 spiro atoms. The Morgan fingerprint density at radius 1 is 0.810 bits per heavy atom. The van der Waals surface area contributed by atoms with Crippen molar-refractivity contribution in [2.45, 2.75) is 39.5 Å². The zero-order chi connectivity index (χ0) is 30.2. The fourth-order valence-corrected chi connectivity index (χ4v) is 5.30. The van der Waals surface area contributed by atoms with Crippen LogP contribution in [-0.2, 0) is 0 Å². The van der Waals surface area contributed by atoms with Crippen LogP contribution in [0.2, 0.25) is 0 Å². The molecule has 0 saturated carbocycles. The van der Waals surface area contributed by atoms with Gasteiger partial charge in [0.1, 0.15) is 24.5 Å². The molecule has 9 heteroatoms. The fraction of sp³-hybridized carbons (Fsp3) is 0.364. The Labute approximate surface area is 244 Å². The predicted molar refractivity (Wildman–Crippen MR) is 163 cm³/mol. The van der Waals surface area contributed by atoms with Gasteiger partial charge in [-0.2, -0.15) is 0 Å². The molecule has 0 atom stereocenters. The Balaban J connectivity index is 2.07. The van der Waals surface area contributed by atoms with E-state index in [2.05, 4.69) is 23.3 Å². The van der Waals surface area contributed by atoms with Gasteiger partial charge in [0.2, 0.25) is 5.36 Å². The summed E-state index contributed by atoms with van der Waals surface area (Å²) < 4.78 is 8.59. The van der Waals surface area contributed by atoms with Crippen LogP contribution in [0.3, 0.4) is 0 Å². The van der Waals surface area contributed by atoms with Crippen LogP contribution in [0.15, 0.2) is 59.0 Å². The largest absolute Gasteiger partial charge is 0.478 e. The van der Waals surface area contributed by atoms with E-state index in [1.807, 2.05) is 36.4 Å². The van der Waals surface area contributed by atoms with Gasteiger partial charge in [-0.15, -0.1) is 0 Å². The van der Waals surface area contributed by atoms with Crippen LogP contribution in [0.4, 0.5) is 5.69 Å². The number of carbonyl (C=O) groups is 2. The molecule has 4 rings (SSSR count). The monoisotopic (exact) mass is 575 g/mol. The average molecular weight is 576 g/mol. The maximum Gasteiger partial charge on any atom is 0.336 e. The molecule has 0 bridgehead atoms. The standard InChI is InChI=1S/C33H38N2O7/c1-3-5-13-34(15-17-36)23-8-11-26-29(20-23)42-30-21-24(35(16-18-37)14-6-4-2)9-12-27(30)31(26)25-10-7-22(32(38)39)19-28(25)33(40)41/h7-12,19-21,36-37H,3-6,13-18H2,1-2H3,(H-,38,39,40,41)/p+1. The highest BCUT2D eigenvalue weighted by atomic mass is 16.4. The summed E-state index contributed by atoms with van der Waals surface area (Å²) >= 11 is 0. The molecule has 1 aliphatic heterocycles. The molecule has 4 N–H and O–H groups in total. The minimum Gasteiger partial charge on any atom is -0.478 e. The van der Waals surface area contributed by atoms with Gasteiger partial charge < -0.3 is 29.7 Å². The van der Waals surface area contributed by atoms with Crippen LogP contribution in [0, 0.1) is 0 Å². The van der Waals surface area contributed by atoms with Gasteiger partial charge in [-0.05, 0) is 42.3 Å². The Kier molecular flexibility index (Phi) is 10.3. The Morgan fingerprint density at radius 2 is 1.57 bits per heavy atom. The summed E-state index contributed by atoms with van der Waals surface area (Å²) in [6.45, 7) is 6.68. The molecule has 0 unspecified atom stereocenters. The van der Waals surface area contributed by atoms with Crippen molar-refractivity contribution >= 4 is 28.6 Å². The molecule has 0 aromatic heterocycles. The summed E-state index contributed by atoms with van der Waals surface area (Å²) in [6.07, 6.45) is 3.92. The second-order valence-electron chi connectivity index (χ2n) is 10.3. The highest BCUT2D eigenvalue weighted by Crippen LogP contribution is 2.42. The molecule has 2 aromatic carbocycles. The molecule has 222 valence electrons. The van der Waals surface area contributed by atoms with Crippen LogP contribution in [-0.4, -0.2) is 71.8 Å². The molecule has 0 radical (unpaired) electrons. The molecule has 0 amide bonds. The zero-order valence-corrected chi connectivity index (χ0v) is 24.2. The van der Waals surface area contributed by atoms with Crippen molar-refractivity contribution in [1.29, 1.82) is 0 Å². The van der Waals surface area contributed by atoms with Gasteiger partial charge in [0.05, 0.1) is 23.8 Å². The number of nitrogens with zero attached hydrogens (tertiary/aromatic N) is 2. The van der Waals surface area contributed by atoms with Gasteiger partial charge in [-0.1, -0.05) is 32.8 Å². The summed E-state index contributed by atoms with van der Waals surface area (Å²) in [7, 11) is 0. The van der Waals surface area contributed by atoms with Crippen molar-refractivity contribution < 1.29 is 34.4 Å². The molecule has 2 aromatic rings. The van der Waals surface area contributed by atoms with E-state index in [1.54, 1.807) is 6.07 Å². The first-order chi connectivity index (χ1) is 20.3. The normalized spacial score (nSPS) is 12.1. The van der Waals surface area contributed by atoms with Crippen molar-refractivity contribution in [1.82, 2.24) is 4.58 Å². The molecule has 1 heterocycles. The molecule has 1 aliphatic carbocycles. The maximum absolute atomic E-state index is 12.4. The van der Waals surface area contributed by atoms with Crippen molar-refractivity contribution in [3.8, 4) is 22.5 Å². The lowest BCUT2D eigenvalue weighted by Gasteiger charge is -2.25. The third kappa shape index (κ3) is 6.64. The predicted octanol–water partition coefficient (Wildman–Crippen LogP) is 4.76. The summed E-state index contributed by atoms with van der Waals surface area (Å²) in [5.74, 6) is -1.90. The number of rotatable bonds is 14. The molecular formula is C33H39N2O7+. The molecule has 2 aliphatic rings. The van der Waals surface area contributed by atoms with Gasteiger partial charge in [-0.3, -0.25) is 0 Å². The second-order valence-corrected chi connectivity index (χ2v) is 10.3. The van der Waals surface area contributed by atoms with Crippen molar-refractivity contribution in [2.24, 2.45) is 0 Å². The number of hydrogen-bond acceptors (Lipinski definition) is 6. The quantitative estimate of drug-likeness (QED) is 0.125. The Bertz CT molecular complexity index is 1610. The van der Waals surface area contributed by atoms with Crippen LogP contribution in [0.1, 0.15) is 60.2 Å². The van der Waals surface area contributed by atoms with Crippen molar-refractivity contribution in [2.75, 3.05) is 44.3 Å². The highest BCUT2D eigenvalue weighted by Gasteiger charge is 2.24. The Morgan fingerprint density at radius 3 is 2.24 bits per heavy atom. The summed E-state index contributed by atoms with van der Waals surface area (Å²) in [5.41, 5.74) is 2.88. The zero-order valence-electron chi connectivity index (χ0n) is 24.2. The number of benzene rings is 3. The van der Waals surface area contributed by atoms with Crippen LogP contribution < -0.4 is 14.8 Å². The third-order valence-corrected chi connectivity index (χ3v) is 7.49. The lowest BCUT2D eigenvalue weighted by molar-refractivity contribution is 0.0696. The number of aliphatic hydroxyl groups excluding tert-OH is 2. The summed E-state index contributed by atoms with van der Waals surface area (Å²) in [6, 6.07) is 15.6. The van der Waals surface area contributed by atoms with E-state index < -0.39 is 11.9 Å². The lowest BCUT2D eigenvalue weighted by Crippen LogP contribution is -2.33. The summed E-state index contributed by atoms with van der Waals surface area (Å²) in [4.78, 5) is 26.1. The second kappa shape index (κ2) is 14.1. The molecule has 42 heavy (non-hydrogen) atoms. The lowest BCUT2D eigenvalue weighted by atomic mass is 9.89. The number of carboxylic acid groups (broad SMARTS) is 2. The topological polar surface area (TPSA) is 134 Å². The van der Waals surface area contributed by atoms with E-state index >= 15 is 0 Å². The first kappa shape index (κ1) is 30.7. The van der Waals surface area contributed by atoms with Crippen molar-refractivity contribution in [3.05, 3.63) is 71.1 Å². The number of aromatic carboxylic acids is 2. The van der Waals surface area contributed by atoms with Gasteiger partial charge >= 0.3 is 11.9 Å². The van der Waals surface area contributed by atoms with E-state index in [9.17, 15) is 30.0 Å². The molecule has 0 saturated heterocycles. The fourth-order valence-electron chi connectivity index (χ4n) is 5.30. The smallest absolute Gasteiger partial charge is 0.336 e. The van der Waals surface area contributed by atoms with Crippen LogP contribution in [0.25, 0.3) is 33.4 Å². The molecular weight excluding hydrogens is 536 g/mol. The van der Waals surface area contributed by atoms with Crippen LogP contribution in [0.5, 0.6) is 0 Å². The van der Waals surface area contributed by atoms with E-state index in [0.29, 0.717) is 46.5 Å². The number of aliphatic hydroxyl groups is 2. The maximum atomic E-state index is 12.4. The third-order valence-electron chi connectivity index (χ3n) is 7.49. The van der Waals surface area contributed by atoms with Gasteiger partial charge in [0.25, 0.3) is 0 Å². The highest BCUT2D eigenvalue weighted by molar-refractivity contribution is 6.08. The SMILES string of the molecule is CCCCN(CCO)c1ccc2c(-c3ccc(C(=O)O)cc3C(=O)O)c3ccc(=[N+](CCO)CCCC)cc-3oc2c1.